The fourth-order valence-corrected chi connectivity index (χ4v) is 2.88. The smallest absolute Gasteiger partial charge is 0.318 e. The van der Waals surface area contributed by atoms with Crippen molar-refractivity contribution < 1.29 is 13.6 Å². The van der Waals surface area contributed by atoms with Crippen molar-refractivity contribution in [2.45, 2.75) is 46.8 Å². The van der Waals surface area contributed by atoms with E-state index in [-0.39, 0.29) is 12.1 Å². The molecule has 0 aliphatic carbocycles. The van der Waals surface area contributed by atoms with Crippen molar-refractivity contribution >= 4 is 17.0 Å². The number of amides is 2. The lowest BCUT2D eigenvalue weighted by Crippen LogP contribution is -2.43. The number of rotatable bonds is 5. The van der Waals surface area contributed by atoms with Crippen LogP contribution in [-0.4, -0.2) is 17.0 Å². The summed E-state index contributed by atoms with van der Waals surface area (Å²) in [6, 6.07) is 11.6. The Labute approximate surface area is 147 Å². The van der Waals surface area contributed by atoms with E-state index in [0.29, 0.717) is 13.1 Å². The quantitative estimate of drug-likeness (QED) is 0.728. The molecule has 0 radical (unpaired) electrons. The molecule has 0 unspecified atom stereocenters. The molecule has 2 heterocycles. The van der Waals surface area contributed by atoms with Gasteiger partial charge in [-0.1, -0.05) is 18.2 Å². The van der Waals surface area contributed by atoms with E-state index in [1.54, 1.807) is 4.90 Å². The van der Waals surface area contributed by atoms with Crippen LogP contribution in [0.1, 0.15) is 36.7 Å². The van der Waals surface area contributed by atoms with Crippen molar-refractivity contribution in [2.75, 3.05) is 0 Å². The Morgan fingerprint density at radius 2 is 1.88 bits per heavy atom. The summed E-state index contributed by atoms with van der Waals surface area (Å²) in [5.41, 5.74) is 1.91. The topological polar surface area (TPSA) is 58.6 Å². The third-order valence-corrected chi connectivity index (χ3v) is 4.35. The number of carbonyl (C=O) groups excluding carboxylic acids is 1. The monoisotopic (exact) mass is 340 g/mol. The zero-order valence-electron chi connectivity index (χ0n) is 15.1. The molecule has 0 aliphatic heterocycles. The Morgan fingerprint density at radius 1 is 1.12 bits per heavy atom. The number of nitrogens with zero attached hydrogens (tertiary/aromatic N) is 1. The summed E-state index contributed by atoms with van der Waals surface area (Å²) in [5, 5.41) is 4.04. The molecule has 5 heteroatoms. The van der Waals surface area contributed by atoms with Crippen molar-refractivity contribution in [1.29, 1.82) is 0 Å². The average molecular weight is 340 g/mol. The van der Waals surface area contributed by atoms with Gasteiger partial charge in [0.05, 0.1) is 13.1 Å². The lowest BCUT2D eigenvalue weighted by Gasteiger charge is -2.26. The van der Waals surface area contributed by atoms with Gasteiger partial charge < -0.3 is 19.1 Å². The minimum atomic E-state index is -0.135. The highest BCUT2D eigenvalue weighted by molar-refractivity contribution is 5.82. The van der Waals surface area contributed by atoms with Crippen molar-refractivity contribution in [3.63, 3.8) is 0 Å². The highest BCUT2D eigenvalue weighted by Gasteiger charge is 2.19. The molecule has 0 aliphatic rings. The molecule has 0 atom stereocenters. The Morgan fingerprint density at radius 3 is 2.52 bits per heavy atom. The van der Waals surface area contributed by atoms with Gasteiger partial charge in [0, 0.05) is 17.0 Å². The number of nitrogens with one attached hydrogen (secondary N) is 1. The third kappa shape index (κ3) is 3.71. The number of aryl methyl sites for hydroxylation is 2. The summed E-state index contributed by atoms with van der Waals surface area (Å²) in [4.78, 5) is 14.4. The summed E-state index contributed by atoms with van der Waals surface area (Å²) in [5.74, 6) is 2.41. The van der Waals surface area contributed by atoms with Gasteiger partial charge in [0.1, 0.15) is 22.9 Å². The zero-order valence-corrected chi connectivity index (χ0v) is 15.1. The van der Waals surface area contributed by atoms with Gasteiger partial charge in [-0.2, -0.15) is 0 Å². The van der Waals surface area contributed by atoms with Gasteiger partial charge >= 0.3 is 6.03 Å². The lowest BCUT2D eigenvalue weighted by atomic mass is 10.1. The zero-order chi connectivity index (χ0) is 18.0. The molecule has 3 aromatic rings. The fourth-order valence-electron chi connectivity index (χ4n) is 2.88. The predicted molar refractivity (Wildman–Crippen MR) is 97.3 cm³/mol. The molecule has 0 fully saturated rings. The number of fused-ring (bicyclic) bond motifs is 1. The maximum atomic E-state index is 12.6. The summed E-state index contributed by atoms with van der Waals surface area (Å²) in [6.07, 6.45) is 0. The molecular weight excluding hydrogens is 316 g/mol. The molecule has 5 nitrogen and oxygen atoms in total. The molecule has 0 saturated carbocycles. The van der Waals surface area contributed by atoms with Crippen molar-refractivity contribution in [3.05, 3.63) is 59.2 Å². The summed E-state index contributed by atoms with van der Waals surface area (Å²) < 4.78 is 11.5. The van der Waals surface area contributed by atoms with E-state index in [1.807, 2.05) is 64.1 Å². The number of urea groups is 1. The predicted octanol–water partition coefficient (Wildman–Crippen LogP) is 4.76. The van der Waals surface area contributed by atoms with Gasteiger partial charge in [0.25, 0.3) is 0 Å². The van der Waals surface area contributed by atoms with Crippen molar-refractivity contribution in [1.82, 2.24) is 10.2 Å². The number of hydrogen-bond donors (Lipinski definition) is 1. The van der Waals surface area contributed by atoms with Crippen LogP contribution in [0, 0.1) is 13.8 Å². The highest BCUT2D eigenvalue weighted by atomic mass is 16.3. The SMILES string of the molecule is Cc1ccc(CN(C(=O)NCc2oc3ccccc3c2C)C(C)C)o1. The number of hydrogen-bond acceptors (Lipinski definition) is 3. The summed E-state index contributed by atoms with van der Waals surface area (Å²) in [6.45, 7) is 8.69. The normalized spacial score (nSPS) is 11.2. The van der Waals surface area contributed by atoms with Crippen LogP contribution in [0.3, 0.4) is 0 Å². The fraction of sp³-hybridized carbons (Fsp3) is 0.350. The largest absolute Gasteiger partial charge is 0.464 e. The summed E-state index contributed by atoms with van der Waals surface area (Å²) in [7, 11) is 0. The number of carbonyl (C=O) groups is 1. The molecule has 2 amide bonds. The van der Waals surface area contributed by atoms with E-state index in [2.05, 4.69) is 5.32 Å². The Hall–Kier alpha value is -2.69. The van der Waals surface area contributed by atoms with Crippen LogP contribution < -0.4 is 5.32 Å². The van der Waals surface area contributed by atoms with Crippen LogP contribution in [-0.2, 0) is 13.1 Å². The Bertz CT molecular complexity index is 876. The van der Waals surface area contributed by atoms with Gasteiger partial charge in [-0.15, -0.1) is 0 Å². The van der Waals surface area contributed by atoms with Crippen molar-refractivity contribution in [2.24, 2.45) is 0 Å². The van der Waals surface area contributed by atoms with Crippen LogP contribution in [0.25, 0.3) is 11.0 Å². The van der Waals surface area contributed by atoms with Gasteiger partial charge in [0.2, 0.25) is 0 Å². The van der Waals surface area contributed by atoms with Crippen LogP contribution >= 0.6 is 0 Å². The van der Waals surface area contributed by atoms with Gasteiger partial charge in [-0.05, 0) is 45.9 Å². The van der Waals surface area contributed by atoms with E-state index < -0.39 is 0 Å². The Balaban J connectivity index is 1.69. The Kier molecular flexibility index (Phi) is 4.83. The van der Waals surface area contributed by atoms with E-state index in [9.17, 15) is 4.79 Å². The minimum Gasteiger partial charge on any atom is -0.464 e. The van der Waals surface area contributed by atoms with E-state index >= 15 is 0 Å². The van der Waals surface area contributed by atoms with Crippen LogP contribution in [0.4, 0.5) is 4.79 Å². The first-order valence-electron chi connectivity index (χ1n) is 8.52. The molecule has 3 rings (SSSR count). The van der Waals surface area contributed by atoms with E-state index in [1.165, 1.54) is 0 Å². The second-order valence-corrected chi connectivity index (χ2v) is 6.54. The van der Waals surface area contributed by atoms with Crippen LogP contribution in [0.5, 0.6) is 0 Å². The molecule has 1 aromatic carbocycles. The second-order valence-electron chi connectivity index (χ2n) is 6.54. The second kappa shape index (κ2) is 7.05. The molecule has 132 valence electrons. The highest BCUT2D eigenvalue weighted by Crippen LogP contribution is 2.24. The third-order valence-electron chi connectivity index (χ3n) is 4.35. The van der Waals surface area contributed by atoms with E-state index in [0.717, 1.165) is 33.8 Å². The summed E-state index contributed by atoms with van der Waals surface area (Å²) >= 11 is 0. The molecule has 0 spiro atoms. The molecule has 2 aromatic heterocycles. The first-order chi connectivity index (χ1) is 12.0. The molecule has 0 saturated heterocycles. The standard InChI is InChI=1S/C20H24N2O3/c1-13(2)22(12-16-10-9-14(3)24-16)20(23)21-11-19-15(4)17-7-5-6-8-18(17)25-19/h5-10,13H,11-12H2,1-4H3,(H,21,23). The maximum absolute atomic E-state index is 12.6. The first kappa shape index (κ1) is 17.1. The van der Waals surface area contributed by atoms with Gasteiger partial charge in [0.15, 0.2) is 0 Å². The molecule has 1 N–H and O–H groups in total. The van der Waals surface area contributed by atoms with Gasteiger partial charge in [-0.25, -0.2) is 4.79 Å². The van der Waals surface area contributed by atoms with Crippen LogP contribution in [0.15, 0.2) is 45.2 Å². The molecular formula is C20H24N2O3. The van der Waals surface area contributed by atoms with Crippen molar-refractivity contribution in [3.8, 4) is 0 Å². The minimum absolute atomic E-state index is 0.0576. The maximum Gasteiger partial charge on any atom is 0.318 e. The number of para-hydroxylation sites is 1. The number of furan rings is 2. The lowest BCUT2D eigenvalue weighted by molar-refractivity contribution is 0.172. The average Bonchev–Trinajstić information content (AvgIpc) is 3.14. The molecule has 0 bridgehead atoms. The van der Waals surface area contributed by atoms with Gasteiger partial charge in [-0.3, -0.25) is 0 Å². The number of benzene rings is 1. The molecule has 25 heavy (non-hydrogen) atoms. The van der Waals surface area contributed by atoms with Crippen LogP contribution in [0.2, 0.25) is 0 Å². The first-order valence-corrected chi connectivity index (χ1v) is 8.52. The van der Waals surface area contributed by atoms with E-state index in [4.69, 9.17) is 8.83 Å².